The van der Waals surface area contributed by atoms with Crippen molar-refractivity contribution in [1.82, 2.24) is 10.2 Å². The van der Waals surface area contributed by atoms with Gasteiger partial charge in [0.05, 0.1) is 6.42 Å². The van der Waals surface area contributed by atoms with E-state index in [9.17, 15) is 4.79 Å². The van der Waals surface area contributed by atoms with Crippen molar-refractivity contribution in [2.45, 2.75) is 51.1 Å². The van der Waals surface area contributed by atoms with Gasteiger partial charge in [-0.2, -0.15) is 0 Å². The number of carbonyl (C=O) groups is 1. The maximum Gasteiger partial charge on any atom is 0.304 e. The summed E-state index contributed by atoms with van der Waals surface area (Å²) in [5.41, 5.74) is 0. The lowest BCUT2D eigenvalue weighted by atomic mass is 10.1. The fourth-order valence-electron chi connectivity index (χ4n) is 3.26. The van der Waals surface area contributed by atoms with Crippen molar-refractivity contribution in [1.29, 1.82) is 0 Å². The highest BCUT2D eigenvalue weighted by molar-refractivity contribution is 5.67. The first-order valence-electron chi connectivity index (χ1n) is 6.85. The number of nitrogens with zero attached hydrogens (tertiary/aromatic N) is 1. The second-order valence-electron chi connectivity index (χ2n) is 5.65. The number of hydrogen-bond donors (Lipinski definition) is 2. The summed E-state index contributed by atoms with van der Waals surface area (Å²) in [7, 11) is 0. The van der Waals surface area contributed by atoms with E-state index in [1.165, 1.54) is 25.7 Å². The van der Waals surface area contributed by atoms with Crippen LogP contribution in [0.4, 0.5) is 0 Å². The summed E-state index contributed by atoms with van der Waals surface area (Å²) < 4.78 is 0. The van der Waals surface area contributed by atoms with Crippen LogP contribution in [0.2, 0.25) is 0 Å². The number of aliphatic carboxylic acids is 1. The standard InChI is InChI=1S/C13H24N2O2/c1-10-7-14-8-12(6-13(16)17)15(9-10)11-4-2-3-5-11/h10-12,14H,2-9H2,1H3,(H,16,17). The van der Waals surface area contributed by atoms with Gasteiger partial charge in [0, 0.05) is 25.2 Å². The van der Waals surface area contributed by atoms with Gasteiger partial charge in [0.15, 0.2) is 0 Å². The van der Waals surface area contributed by atoms with Gasteiger partial charge in [0.2, 0.25) is 0 Å². The van der Waals surface area contributed by atoms with Crippen molar-refractivity contribution in [3.05, 3.63) is 0 Å². The first-order valence-corrected chi connectivity index (χ1v) is 6.85. The van der Waals surface area contributed by atoms with Crippen LogP contribution in [-0.4, -0.2) is 47.7 Å². The predicted octanol–water partition coefficient (Wildman–Crippen LogP) is 1.31. The number of rotatable bonds is 3. The third-order valence-corrected chi connectivity index (χ3v) is 4.07. The van der Waals surface area contributed by atoms with Crippen molar-refractivity contribution in [2.75, 3.05) is 19.6 Å². The minimum absolute atomic E-state index is 0.181. The molecule has 17 heavy (non-hydrogen) atoms. The molecule has 1 aliphatic heterocycles. The average molecular weight is 240 g/mol. The van der Waals surface area contributed by atoms with Crippen LogP contribution in [0.1, 0.15) is 39.0 Å². The van der Waals surface area contributed by atoms with E-state index >= 15 is 0 Å². The molecule has 0 radical (unpaired) electrons. The van der Waals surface area contributed by atoms with Crippen LogP contribution in [0.5, 0.6) is 0 Å². The molecular formula is C13H24N2O2. The summed E-state index contributed by atoms with van der Waals surface area (Å²) in [5.74, 6) is -0.0521. The highest BCUT2D eigenvalue weighted by atomic mass is 16.4. The molecule has 0 aromatic rings. The molecule has 1 heterocycles. The Hall–Kier alpha value is -0.610. The number of hydrogen-bond acceptors (Lipinski definition) is 3. The predicted molar refractivity (Wildman–Crippen MR) is 67.0 cm³/mol. The molecule has 0 aromatic heterocycles. The first-order chi connectivity index (χ1) is 8.16. The number of nitrogens with one attached hydrogen (secondary N) is 1. The van der Waals surface area contributed by atoms with Gasteiger partial charge in [0.1, 0.15) is 0 Å². The van der Waals surface area contributed by atoms with Crippen LogP contribution in [0.3, 0.4) is 0 Å². The molecule has 2 unspecified atom stereocenters. The van der Waals surface area contributed by atoms with Crippen LogP contribution in [0.15, 0.2) is 0 Å². The lowest BCUT2D eigenvalue weighted by molar-refractivity contribution is -0.138. The zero-order valence-electron chi connectivity index (χ0n) is 10.7. The Balaban J connectivity index is 2.04. The van der Waals surface area contributed by atoms with E-state index in [1.807, 2.05) is 0 Å². The Labute approximate surface area is 103 Å². The summed E-state index contributed by atoms with van der Waals surface area (Å²) in [6, 6.07) is 0.808. The second kappa shape index (κ2) is 5.83. The summed E-state index contributed by atoms with van der Waals surface area (Å²) in [5, 5.41) is 12.4. The molecule has 4 heteroatoms. The average Bonchev–Trinajstić information content (AvgIpc) is 2.71. The Bertz CT molecular complexity index is 264. The topological polar surface area (TPSA) is 52.6 Å². The van der Waals surface area contributed by atoms with Crippen LogP contribution < -0.4 is 5.32 Å². The summed E-state index contributed by atoms with van der Waals surface area (Å²) in [6.45, 7) is 5.14. The summed E-state index contributed by atoms with van der Waals surface area (Å²) in [4.78, 5) is 13.4. The molecule has 2 aliphatic rings. The van der Waals surface area contributed by atoms with Gasteiger partial charge in [-0.05, 0) is 25.3 Å². The monoisotopic (exact) mass is 240 g/mol. The quantitative estimate of drug-likeness (QED) is 0.781. The first kappa shape index (κ1) is 12.8. The van der Waals surface area contributed by atoms with Crippen LogP contribution >= 0.6 is 0 Å². The molecule has 2 fully saturated rings. The zero-order valence-corrected chi connectivity index (χ0v) is 10.7. The van der Waals surface area contributed by atoms with E-state index in [0.717, 1.165) is 19.6 Å². The SMILES string of the molecule is CC1CNCC(CC(=O)O)N(C2CCCC2)C1. The molecule has 98 valence electrons. The van der Waals surface area contributed by atoms with Crippen molar-refractivity contribution in [3.63, 3.8) is 0 Å². The zero-order chi connectivity index (χ0) is 12.3. The Morgan fingerprint density at radius 3 is 2.71 bits per heavy atom. The van der Waals surface area contributed by atoms with E-state index in [2.05, 4.69) is 17.1 Å². The van der Waals surface area contributed by atoms with Crippen molar-refractivity contribution in [3.8, 4) is 0 Å². The van der Waals surface area contributed by atoms with Gasteiger partial charge in [-0.15, -0.1) is 0 Å². The molecule has 1 saturated carbocycles. The fourth-order valence-corrected chi connectivity index (χ4v) is 3.26. The lowest BCUT2D eigenvalue weighted by Crippen LogP contribution is -2.46. The molecule has 0 amide bonds. The Morgan fingerprint density at radius 1 is 1.35 bits per heavy atom. The largest absolute Gasteiger partial charge is 0.481 e. The molecule has 1 saturated heterocycles. The van der Waals surface area contributed by atoms with Gasteiger partial charge in [-0.1, -0.05) is 19.8 Å². The van der Waals surface area contributed by atoms with Gasteiger partial charge < -0.3 is 10.4 Å². The molecular weight excluding hydrogens is 216 g/mol. The van der Waals surface area contributed by atoms with Crippen molar-refractivity contribution >= 4 is 5.97 Å². The molecule has 2 rings (SSSR count). The highest BCUT2D eigenvalue weighted by Gasteiger charge is 2.32. The highest BCUT2D eigenvalue weighted by Crippen LogP contribution is 2.27. The molecule has 1 aliphatic carbocycles. The van der Waals surface area contributed by atoms with Crippen LogP contribution in [0.25, 0.3) is 0 Å². The third kappa shape index (κ3) is 3.42. The van der Waals surface area contributed by atoms with Crippen LogP contribution in [-0.2, 0) is 4.79 Å². The Morgan fingerprint density at radius 2 is 2.06 bits per heavy atom. The molecule has 2 N–H and O–H groups in total. The third-order valence-electron chi connectivity index (χ3n) is 4.07. The van der Waals surface area contributed by atoms with E-state index in [4.69, 9.17) is 5.11 Å². The Kier molecular flexibility index (Phi) is 4.40. The lowest BCUT2D eigenvalue weighted by Gasteiger charge is -2.35. The minimum atomic E-state index is -0.672. The molecule has 4 nitrogen and oxygen atoms in total. The van der Waals surface area contributed by atoms with Gasteiger partial charge in [-0.3, -0.25) is 9.69 Å². The normalized spacial score (nSPS) is 32.5. The van der Waals surface area contributed by atoms with Gasteiger partial charge in [-0.25, -0.2) is 0 Å². The fraction of sp³-hybridized carbons (Fsp3) is 0.923. The van der Waals surface area contributed by atoms with E-state index in [0.29, 0.717) is 12.0 Å². The second-order valence-corrected chi connectivity index (χ2v) is 5.65. The molecule has 0 spiro atoms. The van der Waals surface area contributed by atoms with Gasteiger partial charge >= 0.3 is 5.97 Å². The molecule has 2 atom stereocenters. The number of carboxylic acid groups (broad SMARTS) is 1. The van der Waals surface area contributed by atoms with Crippen molar-refractivity contribution in [2.24, 2.45) is 5.92 Å². The smallest absolute Gasteiger partial charge is 0.304 e. The molecule has 0 bridgehead atoms. The number of carboxylic acids is 1. The minimum Gasteiger partial charge on any atom is -0.481 e. The van der Waals surface area contributed by atoms with Gasteiger partial charge in [0.25, 0.3) is 0 Å². The molecule has 0 aromatic carbocycles. The maximum atomic E-state index is 11.0. The maximum absolute atomic E-state index is 11.0. The summed E-state index contributed by atoms with van der Waals surface area (Å²) >= 11 is 0. The van der Waals surface area contributed by atoms with Crippen LogP contribution in [0, 0.1) is 5.92 Å². The van der Waals surface area contributed by atoms with E-state index < -0.39 is 5.97 Å². The van der Waals surface area contributed by atoms with Crippen molar-refractivity contribution < 1.29 is 9.90 Å². The van der Waals surface area contributed by atoms with E-state index in [1.54, 1.807) is 0 Å². The van der Waals surface area contributed by atoms with E-state index in [-0.39, 0.29) is 12.5 Å². The summed E-state index contributed by atoms with van der Waals surface area (Å²) in [6.07, 6.45) is 5.40.